The van der Waals surface area contributed by atoms with Gasteiger partial charge in [-0.2, -0.15) is 0 Å². The molecule has 15 heavy (non-hydrogen) atoms. The second kappa shape index (κ2) is 6.04. The normalized spacial score (nSPS) is 28.8. The molecule has 3 nitrogen and oxygen atoms in total. The lowest BCUT2D eigenvalue weighted by atomic mass is 9.67. The van der Waals surface area contributed by atoms with Crippen LogP contribution in [0.5, 0.6) is 0 Å². The third-order valence-electron chi connectivity index (χ3n) is 3.22. The quantitative estimate of drug-likeness (QED) is 0.538. The van der Waals surface area contributed by atoms with Gasteiger partial charge < -0.3 is 14.8 Å². The summed E-state index contributed by atoms with van der Waals surface area (Å²) < 4.78 is 10.3. The Bertz CT molecular complexity index is 187. The Hall–Kier alpha value is 0.170. The van der Waals surface area contributed by atoms with Crippen LogP contribution >= 0.6 is 11.6 Å². The first-order valence-corrected chi connectivity index (χ1v) is 5.97. The first-order chi connectivity index (χ1) is 7.09. The van der Waals surface area contributed by atoms with Gasteiger partial charge in [-0.3, -0.25) is 0 Å². The average Bonchev–Trinajstić information content (AvgIpc) is 2.21. The summed E-state index contributed by atoms with van der Waals surface area (Å²) in [5.41, 5.74) is 0.216. The molecule has 90 valence electrons. The molecule has 0 aromatic rings. The van der Waals surface area contributed by atoms with Crippen molar-refractivity contribution < 1.29 is 9.47 Å². The van der Waals surface area contributed by atoms with Crippen molar-refractivity contribution in [1.82, 2.24) is 5.32 Å². The number of nitrogens with one attached hydrogen (secondary N) is 1. The highest BCUT2D eigenvalue weighted by molar-refractivity contribution is 6.21. The standard InChI is InChI=1S/C11H22ClNO2/c1-11(2)9(12)8-10(11)13-4-5-15-7-6-14-3/h9-10,13H,4-8H2,1-3H3. The van der Waals surface area contributed by atoms with Gasteiger partial charge in [0.05, 0.1) is 19.8 Å². The highest BCUT2D eigenvalue weighted by Crippen LogP contribution is 2.44. The maximum absolute atomic E-state index is 6.13. The maximum atomic E-state index is 6.13. The fourth-order valence-corrected chi connectivity index (χ4v) is 2.10. The molecular weight excluding hydrogens is 214 g/mol. The van der Waals surface area contributed by atoms with Gasteiger partial charge in [-0.1, -0.05) is 13.8 Å². The smallest absolute Gasteiger partial charge is 0.0700 e. The Kier molecular flexibility index (Phi) is 5.33. The molecule has 0 radical (unpaired) electrons. The lowest BCUT2D eigenvalue weighted by molar-refractivity contribution is 0.0603. The topological polar surface area (TPSA) is 30.5 Å². The molecule has 4 heteroatoms. The Balaban J connectivity index is 1.97. The molecule has 0 aromatic carbocycles. The number of hydrogen-bond acceptors (Lipinski definition) is 3. The maximum Gasteiger partial charge on any atom is 0.0700 e. The summed E-state index contributed by atoms with van der Waals surface area (Å²) in [6, 6.07) is 0.533. The largest absolute Gasteiger partial charge is 0.382 e. The van der Waals surface area contributed by atoms with E-state index in [1.165, 1.54) is 0 Å². The predicted molar refractivity (Wildman–Crippen MR) is 62.5 cm³/mol. The molecule has 1 rings (SSSR count). The van der Waals surface area contributed by atoms with Crippen molar-refractivity contribution in [1.29, 1.82) is 0 Å². The van der Waals surface area contributed by atoms with Crippen molar-refractivity contribution in [2.75, 3.05) is 33.5 Å². The van der Waals surface area contributed by atoms with Gasteiger partial charge in [-0.05, 0) is 11.8 Å². The lowest BCUT2D eigenvalue weighted by Gasteiger charge is -2.49. The van der Waals surface area contributed by atoms with E-state index in [0.29, 0.717) is 24.6 Å². The van der Waals surface area contributed by atoms with Crippen molar-refractivity contribution in [3.05, 3.63) is 0 Å². The third-order valence-corrected chi connectivity index (χ3v) is 3.96. The molecule has 2 unspecified atom stereocenters. The summed E-state index contributed by atoms with van der Waals surface area (Å²) in [5.74, 6) is 0. The van der Waals surface area contributed by atoms with E-state index < -0.39 is 0 Å². The van der Waals surface area contributed by atoms with Gasteiger partial charge in [0.25, 0.3) is 0 Å². The predicted octanol–water partition coefficient (Wildman–Crippen LogP) is 1.64. The van der Waals surface area contributed by atoms with Crippen LogP contribution in [0, 0.1) is 5.41 Å². The molecule has 1 fully saturated rings. The minimum atomic E-state index is 0.216. The fraction of sp³-hybridized carbons (Fsp3) is 1.00. The third kappa shape index (κ3) is 3.59. The molecule has 0 spiro atoms. The highest BCUT2D eigenvalue weighted by Gasteiger charge is 2.46. The van der Waals surface area contributed by atoms with Crippen LogP contribution in [-0.4, -0.2) is 44.9 Å². The number of hydrogen-bond donors (Lipinski definition) is 1. The van der Waals surface area contributed by atoms with Crippen LogP contribution in [0.25, 0.3) is 0 Å². The Morgan fingerprint density at radius 2 is 2.07 bits per heavy atom. The lowest BCUT2D eigenvalue weighted by Crippen LogP contribution is -2.58. The number of halogens is 1. The molecule has 2 atom stereocenters. The summed E-state index contributed by atoms with van der Waals surface area (Å²) in [6.07, 6.45) is 1.06. The van der Waals surface area contributed by atoms with Crippen molar-refractivity contribution in [3.63, 3.8) is 0 Å². The van der Waals surface area contributed by atoms with Crippen molar-refractivity contribution in [2.45, 2.75) is 31.7 Å². The van der Waals surface area contributed by atoms with Gasteiger partial charge in [-0.15, -0.1) is 11.6 Å². The van der Waals surface area contributed by atoms with Gasteiger partial charge >= 0.3 is 0 Å². The molecular formula is C11H22ClNO2. The van der Waals surface area contributed by atoms with E-state index in [1.54, 1.807) is 7.11 Å². The Labute approximate surface area is 97.5 Å². The van der Waals surface area contributed by atoms with Gasteiger partial charge in [0.1, 0.15) is 0 Å². The van der Waals surface area contributed by atoms with Gasteiger partial charge in [0.15, 0.2) is 0 Å². The van der Waals surface area contributed by atoms with Gasteiger partial charge in [0, 0.05) is 25.1 Å². The molecule has 0 amide bonds. The van der Waals surface area contributed by atoms with Crippen LogP contribution in [0.3, 0.4) is 0 Å². The van der Waals surface area contributed by atoms with Gasteiger partial charge in [-0.25, -0.2) is 0 Å². The molecule has 0 aliphatic heterocycles. The number of methoxy groups -OCH3 is 1. The number of ether oxygens (including phenoxy) is 2. The fourth-order valence-electron chi connectivity index (χ4n) is 1.77. The van der Waals surface area contributed by atoms with E-state index in [4.69, 9.17) is 21.1 Å². The highest BCUT2D eigenvalue weighted by atomic mass is 35.5. The van der Waals surface area contributed by atoms with Crippen LogP contribution in [0.15, 0.2) is 0 Å². The van der Waals surface area contributed by atoms with E-state index >= 15 is 0 Å². The second-order valence-corrected chi connectivity index (χ2v) is 5.16. The van der Waals surface area contributed by atoms with Crippen LogP contribution in [-0.2, 0) is 9.47 Å². The van der Waals surface area contributed by atoms with E-state index in [2.05, 4.69) is 19.2 Å². The van der Waals surface area contributed by atoms with Gasteiger partial charge in [0.2, 0.25) is 0 Å². The monoisotopic (exact) mass is 235 g/mol. The van der Waals surface area contributed by atoms with Crippen LogP contribution in [0.2, 0.25) is 0 Å². The van der Waals surface area contributed by atoms with Crippen LogP contribution in [0.1, 0.15) is 20.3 Å². The minimum absolute atomic E-state index is 0.216. The Morgan fingerprint density at radius 3 is 2.60 bits per heavy atom. The molecule has 1 saturated carbocycles. The summed E-state index contributed by atoms with van der Waals surface area (Å²) in [6.45, 7) is 7.38. The van der Waals surface area contributed by atoms with Crippen molar-refractivity contribution in [2.24, 2.45) is 5.41 Å². The zero-order valence-corrected chi connectivity index (χ0v) is 10.6. The number of rotatable bonds is 7. The van der Waals surface area contributed by atoms with E-state index in [-0.39, 0.29) is 5.41 Å². The van der Waals surface area contributed by atoms with E-state index in [1.807, 2.05) is 0 Å². The zero-order chi connectivity index (χ0) is 11.3. The van der Waals surface area contributed by atoms with E-state index in [9.17, 15) is 0 Å². The summed E-state index contributed by atoms with van der Waals surface area (Å²) in [5, 5.41) is 3.78. The molecule has 1 N–H and O–H groups in total. The van der Waals surface area contributed by atoms with Crippen molar-refractivity contribution in [3.8, 4) is 0 Å². The summed E-state index contributed by atoms with van der Waals surface area (Å²) in [7, 11) is 1.68. The molecule has 1 aliphatic rings. The second-order valence-electron chi connectivity index (χ2n) is 4.64. The van der Waals surface area contributed by atoms with Crippen molar-refractivity contribution >= 4 is 11.6 Å². The number of alkyl halides is 1. The van der Waals surface area contributed by atoms with E-state index in [0.717, 1.165) is 19.6 Å². The minimum Gasteiger partial charge on any atom is -0.382 e. The van der Waals surface area contributed by atoms with Crippen LogP contribution in [0.4, 0.5) is 0 Å². The molecule has 0 saturated heterocycles. The molecule has 0 bridgehead atoms. The molecule has 0 aromatic heterocycles. The molecule has 1 aliphatic carbocycles. The summed E-state index contributed by atoms with van der Waals surface area (Å²) >= 11 is 6.13. The summed E-state index contributed by atoms with van der Waals surface area (Å²) in [4.78, 5) is 0. The Morgan fingerprint density at radius 1 is 1.33 bits per heavy atom. The molecule has 0 heterocycles. The van der Waals surface area contributed by atoms with Crippen LogP contribution < -0.4 is 5.32 Å². The zero-order valence-electron chi connectivity index (χ0n) is 9.88. The first-order valence-electron chi connectivity index (χ1n) is 5.53. The SMILES string of the molecule is COCCOCCNC1CC(Cl)C1(C)C. The average molecular weight is 236 g/mol. The first kappa shape index (κ1) is 13.2.